The van der Waals surface area contributed by atoms with Crippen LogP contribution in [0.1, 0.15) is 71.6 Å². The van der Waals surface area contributed by atoms with Gasteiger partial charge < -0.3 is 10.0 Å². The van der Waals surface area contributed by atoms with Gasteiger partial charge in [-0.05, 0) is 43.1 Å². The Balaban J connectivity index is 1.67. The van der Waals surface area contributed by atoms with Crippen molar-refractivity contribution in [1.82, 2.24) is 4.90 Å². The van der Waals surface area contributed by atoms with E-state index in [4.69, 9.17) is 5.11 Å². The lowest BCUT2D eigenvalue weighted by Gasteiger charge is -2.51. The smallest absolute Gasteiger partial charge is 0.303 e. The first-order chi connectivity index (χ1) is 9.41. The topological polar surface area (TPSA) is 40.5 Å². The fraction of sp³-hybridized carbons (Fsp3) is 0.941. The van der Waals surface area contributed by atoms with Crippen LogP contribution >= 0.6 is 0 Å². The summed E-state index contributed by atoms with van der Waals surface area (Å²) in [5.74, 6) is -0.667. The molecule has 3 nitrogen and oxygen atoms in total. The Labute approximate surface area is 123 Å². The van der Waals surface area contributed by atoms with E-state index in [9.17, 15) is 4.79 Å². The highest BCUT2D eigenvalue weighted by molar-refractivity contribution is 5.66. The van der Waals surface area contributed by atoms with Gasteiger partial charge in [0.2, 0.25) is 0 Å². The van der Waals surface area contributed by atoms with Crippen LogP contribution in [0.5, 0.6) is 0 Å². The number of rotatable bonds is 6. The summed E-state index contributed by atoms with van der Waals surface area (Å²) < 4.78 is 0. The van der Waals surface area contributed by atoms with E-state index in [0.29, 0.717) is 11.8 Å². The Bertz CT molecular complexity index is 322. The normalized spacial score (nSPS) is 23.3. The molecule has 1 saturated heterocycles. The van der Waals surface area contributed by atoms with E-state index in [1.165, 1.54) is 51.6 Å². The van der Waals surface area contributed by atoms with Gasteiger partial charge in [0.15, 0.2) is 0 Å². The summed E-state index contributed by atoms with van der Waals surface area (Å²) in [5, 5.41) is 8.79. The summed E-state index contributed by atoms with van der Waals surface area (Å²) in [6, 6.07) is 0. The second-order valence-corrected chi connectivity index (χ2v) is 7.93. The molecule has 1 N–H and O–H groups in total. The Kier molecular flexibility index (Phi) is 5.11. The quantitative estimate of drug-likeness (QED) is 0.802. The van der Waals surface area contributed by atoms with E-state index >= 15 is 0 Å². The molecule has 1 heterocycles. The molecule has 1 spiro atoms. The fourth-order valence-corrected chi connectivity index (χ4v) is 3.89. The summed E-state index contributed by atoms with van der Waals surface area (Å²) in [6.07, 6.45) is 10.8. The minimum Gasteiger partial charge on any atom is -0.481 e. The lowest BCUT2D eigenvalue weighted by molar-refractivity contribution is -0.137. The SMILES string of the molecule is CC(C)(CCC(=O)O)CCN1CC2(CCCCCC2)C1. The average Bonchev–Trinajstić information content (AvgIpc) is 2.58. The first-order valence-electron chi connectivity index (χ1n) is 8.35. The zero-order valence-corrected chi connectivity index (χ0v) is 13.3. The van der Waals surface area contributed by atoms with Crippen molar-refractivity contribution in [1.29, 1.82) is 0 Å². The molecule has 0 aromatic carbocycles. The lowest BCUT2D eigenvalue weighted by atomic mass is 9.73. The van der Waals surface area contributed by atoms with Crippen LogP contribution in [-0.4, -0.2) is 35.6 Å². The first kappa shape index (κ1) is 15.8. The molecule has 20 heavy (non-hydrogen) atoms. The standard InChI is InChI=1S/C17H31NO2/c1-16(2,10-7-15(19)20)11-12-18-13-17(14-18)8-5-3-4-6-9-17/h3-14H2,1-2H3,(H,19,20). The van der Waals surface area contributed by atoms with Gasteiger partial charge >= 0.3 is 5.97 Å². The molecule has 1 aliphatic carbocycles. The number of hydrogen-bond acceptors (Lipinski definition) is 2. The molecule has 0 unspecified atom stereocenters. The molecule has 2 rings (SSSR count). The molecule has 116 valence electrons. The van der Waals surface area contributed by atoms with E-state index in [0.717, 1.165) is 19.4 Å². The molecule has 2 fully saturated rings. The third-order valence-corrected chi connectivity index (χ3v) is 5.40. The Morgan fingerprint density at radius 2 is 1.70 bits per heavy atom. The van der Waals surface area contributed by atoms with Gasteiger partial charge in [-0.15, -0.1) is 0 Å². The number of aliphatic carboxylic acids is 1. The van der Waals surface area contributed by atoms with Crippen molar-refractivity contribution < 1.29 is 9.90 Å². The molecule has 0 aromatic heterocycles. The Morgan fingerprint density at radius 1 is 1.10 bits per heavy atom. The van der Waals surface area contributed by atoms with Crippen LogP contribution < -0.4 is 0 Å². The number of carboxylic acids is 1. The van der Waals surface area contributed by atoms with Crippen LogP contribution in [0.4, 0.5) is 0 Å². The second kappa shape index (κ2) is 6.46. The molecular formula is C17H31NO2. The summed E-state index contributed by atoms with van der Waals surface area (Å²) in [4.78, 5) is 13.3. The predicted molar refractivity (Wildman–Crippen MR) is 81.8 cm³/mol. The zero-order valence-electron chi connectivity index (χ0n) is 13.3. The number of carboxylic acid groups (broad SMARTS) is 1. The van der Waals surface area contributed by atoms with Gasteiger partial charge in [0, 0.05) is 19.5 Å². The van der Waals surface area contributed by atoms with Crippen molar-refractivity contribution in [2.75, 3.05) is 19.6 Å². The number of hydrogen-bond donors (Lipinski definition) is 1. The van der Waals surface area contributed by atoms with Gasteiger partial charge in [0.25, 0.3) is 0 Å². The molecule has 0 atom stereocenters. The van der Waals surface area contributed by atoms with Crippen molar-refractivity contribution in [3.63, 3.8) is 0 Å². The van der Waals surface area contributed by atoms with E-state index in [1.807, 2.05) is 0 Å². The summed E-state index contributed by atoms with van der Waals surface area (Å²) in [7, 11) is 0. The maximum atomic E-state index is 10.7. The van der Waals surface area contributed by atoms with Gasteiger partial charge in [-0.3, -0.25) is 4.79 Å². The highest BCUT2D eigenvalue weighted by atomic mass is 16.4. The van der Waals surface area contributed by atoms with Gasteiger partial charge in [-0.1, -0.05) is 39.5 Å². The van der Waals surface area contributed by atoms with E-state index in [-0.39, 0.29) is 5.41 Å². The highest BCUT2D eigenvalue weighted by Gasteiger charge is 2.42. The molecule has 1 aliphatic heterocycles. The summed E-state index contributed by atoms with van der Waals surface area (Å²) in [6.45, 7) is 8.15. The number of carbonyl (C=O) groups is 1. The molecular weight excluding hydrogens is 250 g/mol. The third kappa shape index (κ3) is 4.47. The number of likely N-dealkylation sites (tertiary alicyclic amines) is 1. The van der Waals surface area contributed by atoms with Crippen molar-refractivity contribution in [2.45, 2.75) is 71.6 Å². The molecule has 0 bridgehead atoms. The first-order valence-corrected chi connectivity index (χ1v) is 8.35. The Morgan fingerprint density at radius 3 is 2.25 bits per heavy atom. The van der Waals surface area contributed by atoms with Gasteiger partial charge in [0.05, 0.1) is 0 Å². The van der Waals surface area contributed by atoms with Crippen molar-refractivity contribution in [3.8, 4) is 0 Å². The van der Waals surface area contributed by atoms with Gasteiger partial charge in [-0.25, -0.2) is 0 Å². The van der Waals surface area contributed by atoms with Gasteiger partial charge in [0.1, 0.15) is 0 Å². The third-order valence-electron chi connectivity index (χ3n) is 5.40. The maximum Gasteiger partial charge on any atom is 0.303 e. The van der Waals surface area contributed by atoms with Gasteiger partial charge in [-0.2, -0.15) is 0 Å². The fourth-order valence-electron chi connectivity index (χ4n) is 3.89. The van der Waals surface area contributed by atoms with Crippen LogP contribution in [0, 0.1) is 10.8 Å². The van der Waals surface area contributed by atoms with Crippen LogP contribution in [0.3, 0.4) is 0 Å². The highest BCUT2D eigenvalue weighted by Crippen LogP contribution is 2.43. The monoisotopic (exact) mass is 281 g/mol. The molecule has 0 aromatic rings. The van der Waals surface area contributed by atoms with E-state index < -0.39 is 5.97 Å². The average molecular weight is 281 g/mol. The largest absolute Gasteiger partial charge is 0.481 e. The molecule has 1 saturated carbocycles. The Hall–Kier alpha value is -0.570. The van der Waals surface area contributed by atoms with E-state index in [2.05, 4.69) is 18.7 Å². The molecule has 0 amide bonds. The van der Waals surface area contributed by atoms with Crippen LogP contribution in [0.15, 0.2) is 0 Å². The summed E-state index contributed by atoms with van der Waals surface area (Å²) >= 11 is 0. The molecule has 2 aliphatic rings. The van der Waals surface area contributed by atoms with Crippen LogP contribution in [-0.2, 0) is 4.79 Å². The zero-order chi connectivity index (χ0) is 14.6. The molecule has 3 heteroatoms. The van der Waals surface area contributed by atoms with E-state index in [1.54, 1.807) is 0 Å². The lowest BCUT2D eigenvalue weighted by Crippen LogP contribution is -2.56. The summed E-state index contributed by atoms with van der Waals surface area (Å²) in [5.41, 5.74) is 0.812. The van der Waals surface area contributed by atoms with Crippen molar-refractivity contribution in [2.24, 2.45) is 10.8 Å². The molecule has 0 radical (unpaired) electrons. The minimum absolute atomic E-state index is 0.157. The van der Waals surface area contributed by atoms with Crippen LogP contribution in [0.25, 0.3) is 0 Å². The second-order valence-electron chi connectivity index (χ2n) is 7.93. The number of nitrogens with zero attached hydrogens (tertiary/aromatic N) is 1. The maximum absolute atomic E-state index is 10.7. The van der Waals surface area contributed by atoms with Crippen LogP contribution in [0.2, 0.25) is 0 Å². The predicted octanol–water partition coefficient (Wildman–Crippen LogP) is 3.92. The van der Waals surface area contributed by atoms with Crippen molar-refractivity contribution >= 4 is 5.97 Å². The minimum atomic E-state index is -0.667. The van der Waals surface area contributed by atoms with Crippen molar-refractivity contribution in [3.05, 3.63) is 0 Å².